The van der Waals surface area contributed by atoms with Gasteiger partial charge in [0.05, 0.1) is 5.52 Å². The predicted octanol–water partition coefficient (Wildman–Crippen LogP) is 1.29. The van der Waals surface area contributed by atoms with E-state index in [-0.39, 0.29) is 12.3 Å². The predicted molar refractivity (Wildman–Crippen MR) is 64.0 cm³/mol. The highest BCUT2D eigenvalue weighted by Crippen LogP contribution is 2.22. The molecule has 0 spiro atoms. The summed E-state index contributed by atoms with van der Waals surface area (Å²) in [6, 6.07) is 4.85. The van der Waals surface area contributed by atoms with Gasteiger partial charge in [-0.15, -0.1) is 0 Å². The van der Waals surface area contributed by atoms with Crippen LogP contribution in [0.3, 0.4) is 0 Å². The summed E-state index contributed by atoms with van der Waals surface area (Å²) in [5, 5.41) is 0. The molecule has 0 bridgehead atoms. The van der Waals surface area contributed by atoms with Crippen molar-refractivity contribution in [2.24, 2.45) is 11.1 Å². The third-order valence-electron chi connectivity index (χ3n) is 2.81. The summed E-state index contributed by atoms with van der Waals surface area (Å²) in [6.07, 6.45) is 0. The zero-order valence-electron chi connectivity index (χ0n) is 9.74. The molecule has 0 aliphatic carbocycles. The van der Waals surface area contributed by atoms with Crippen LogP contribution in [0.25, 0.3) is 11.1 Å². The molecule has 1 aromatic heterocycles. The lowest BCUT2D eigenvalue weighted by molar-refractivity contribution is 0.0847. The number of carbonyl (C=O) groups excluding carboxylic acids is 1. The van der Waals surface area contributed by atoms with Crippen LogP contribution in [0.2, 0.25) is 0 Å². The molecule has 0 radical (unpaired) electrons. The van der Waals surface area contributed by atoms with E-state index in [2.05, 4.69) is 4.98 Å². The van der Waals surface area contributed by atoms with Crippen molar-refractivity contribution >= 4 is 16.9 Å². The van der Waals surface area contributed by atoms with E-state index in [0.717, 1.165) is 0 Å². The number of H-pyrrole nitrogens is 1. The number of hydrogen-bond acceptors (Lipinski definition) is 4. The SMILES string of the molecule is CC(C)(CN)C(=O)c1ccc2oc(=O)[nH]c2c1. The van der Waals surface area contributed by atoms with Crippen molar-refractivity contribution in [2.75, 3.05) is 6.54 Å². The van der Waals surface area contributed by atoms with Gasteiger partial charge in [0.2, 0.25) is 0 Å². The Kier molecular flexibility index (Phi) is 2.63. The number of Topliss-reactive ketones (excluding diaryl/α,β-unsaturated/α-hetero) is 1. The van der Waals surface area contributed by atoms with E-state index in [0.29, 0.717) is 16.7 Å². The molecule has 0 atom stereocenters. The highest BCUT2D eigenvalue weighted by atomic mass is 16.4. The smallest absolute Gasteiger partial charge is 0.408 e. The third-order valence-corrected chi connectivity index (χ3v) is 2.81. The number of rotatable bonds is 3. The van der Waals surface area contributed by atoms with E-state index in [4.69, 9.17) is 10.2 Å². The number of ketones is 1. The van der Waals surface area contributed by atoms with Crippen LogP contribution in [-0.2, 0) is 0 Å². The second-order valence-electron chi connectivity index (χ2n) is 4.64. The summed E-state index contributed by atoms with van der Waals surface area (Å²) in [7, 11) is 0. The molecule has 1 aromatic carbocycles. The summed E-state index contributed by atoms with van der Waals surface area (Å²) in [5.74, 6) is -0.577. The van der Waals surface area contributed by atoms with Gasteiger partial charge < -0.3 is 10.2 Å². The molecule has 0 saturated heterocycles. The molecule has 0 aliphatic heterocycles. The number of oxazole rings is 1. The van der Waals surface area contributed by atoms with Crippen LogP contribution >= 0.6 is 0 Å². The normalized spacial score (nSPS) is 11.9. The molecule has 0 saturated carbocycles. The van der Waals surface area contributed by atoms with Gasteiger partial charge in [-0.05, 0) is 18.2 Å². The van der Waals surface area contributed by atoms with Crippen LogP contribution in [0.1, 0.15) is 24.2 Å². The molecular weight excluding hydrogens is 220 g/mol. The molecule has 3 N–H and O–H groups in total. The Morgan fingerprint density at radius 2 is 2.18 bits per heavy atom. The topological polar surface area (TPSA) is 89.1 Å². The lowest BCUT2D eigenvalue weighted by Gasteiger charge is -2.20. The lowest BCUT2D eigenvalue weighted by Crippen LogP contribution is -2.32. The highest BCUT2D eigenvalue weighted by molar-refractivity contribution is 6.02. The minimum Gasteiger partial charge on any atom is -0.408 e. The summed E-state index contributed by atoms with van der Waals surface area (Å²) in [4.78, 5) is 25.7. The summed E-state index contributed by atoms with van der Waals surface area (Å²) in [5.41, 5.74) is 6.43. The third kappa shape index (κ3) is 2.01. The Morgan fingerprint density at radius 1 is 1.47 bits per heavy atom. The minimum absolute atomic E-state index is 0.0519. The molecule has 2 rings (SSSR count). The van der Waals surface area contributed by atoms with Crippen LogP contribution in [-0.4, -0.2) is 17.3 Å². The maximum Gasteiger partial charge on any atom is 0.417 e. The molecule has 5 heteroatoms. The zero-order chi connectivity index (χ0) is 12.6. The van der Waals surface area contributed by atoms with Gasteiger partial charge in [0, 0.05) is 17.5 Å². The van der Waals surface area contributed by atoms with Crippen LogP contribution in [0.5, 0.6) is 0 Å². The Balaban J connectivity index is 2.49. The number of nitrogens with two attached hydrogens (primary N) is 1. The second-order valence-corrected chi connectivity index (χ2v) is 4.64. The highest BCUT2D eigenvalue weighted by Gasteiger charge is 2.27. The number of aromatic amines is 1. The quantitative estimate of drug-likeness (QED) is 0.783. The molecule has 2 aromatic rings. The molecule has 0 fully saturated rings. The second kappa shape index (κ2) is 3.85. The van der Waals surface area contributed by atoms with Crippen molar-refractivity contribution in [1.29, 1.82) is 0 Å². The number of aromatic nitrogens is 1. The van der Waals surface area contributed by atoms with E-state index in [1.54, 1.807) is 32.0 Å². The van der Waals surface area contributed by atoms with Gasteiger partial charge in [-0.1, -0.05) is 13.8 Å². The summed E-state index contributed by atoms with van der Waals surface area (Å²) >= 11 is 0. The summed E-state index contributed by atoms with van der Waals surface area (Å²) < 4.78 is 4.87. The molecule has 90 valence electrons. The van der Waals surface area contributed by atoms with Gasteiger partial charge >= 0.3 is 5.76 Å². The average Bonchev–Trinajstić information content (AvgIpc) is 2.66. The van der Waals surface area contributed by atoms with E-state index >= 15 is 0 Å². The van der Waals surface area contributed by atoms with Crippen LogP contribution < -0.4 is 11.5 Å². The van der Waals surface area contributed by atoms with E-state index in [1.165, 1.54) is 0 Å². The van der Waals surface area contributed by atoms with Gasteiger partial charge in [-0.2, -0.15) is 0 Å². The van der Waals surface area contributed by atoms with Gasteiger partial charge in [0.1, 0.15) is 0 Å². The maximum atomic E-state index is 12.1. The van der Waals surface area contributed by atoms with Crippen LogP contribution in [0.15, 0.2) is 27.4 Å². The first kappa shape index (κ1) is 11.6. The fourth-order valence-corrected chi connectivity index (χ4v) is 1.58. The molecule has 0 aliphatic rings. The Morgan fingerprint density at radius 3 is 2.82 bits per heavy atom. The molecular formula is C12H14N2O3. The standard InChI is InChI=1S/C12H14N2O3/c1-12(2,6-13)10(15)7-3-4-9-8(5-7)14-11(16)17-9/h3-5H,6,13H2,1-2H3,(H,14,16). The van der Waals surface area contributed by atoms with Crippen LogP contribution in [0.4, 0.5) is 0 Å². The van der Waals surface area contributed by atoms with Gasteiger partial charge in [0.25, 0.3) is 0 Å². The Labute approximate surface area is 97.6 Å². The molecule has 5 nitrogen and oxygen atoms in total. The van der Waals surface area contributed by atoms with Crippen molar-refractivity contribution in [3.05, 3.63) is 34.3 Å². The number of fused-ring (bicyclic) bond motifs is 1. The van der Waals surface area contributed by atoms with E-state index in [9.17, 15) is 9.59 Å². The number of benzene rings is 1. The lowest BCUT2D eigenvalue weighted by atomic mass is 9.84. The van der Waals surface area contributed by atoms with E-state index < -0.39 is 11.2 Å². The zero-order valence-corrected chi connectivity index (χ0v) is 9.74. The fourth-order valence-electron chi connectivity index (χ4n) is 1.58. The molecule has 0 amide bonds. The molecule has 0 unspecified atom stereocenters. The largest absolute Gasteiger partial charge is 0.417 e. The average molecular weight is 234 g/mol. The number of hydrogen-bond donors (Lipinski definition) is 2. The first-order valence-electron chi connectivity index (χ1n) is 5.32. The molecule has 1 heterocycles. The van der Waals surface area contributed by atoms with Crippen molar-refractivity contribution in [2.45, 2.75) is 13.8 Å². The number of nitrogens with one attached hydrogen (secondary N) is 1. The van der Waals surface area contributed by atoms with Gasteiger partial charge in [-0.3, -0.25) is 9.78 Å². The van der Waals surface area contributed by atoms with Gasteiger partial charge in [0.15, 0.2) is 11.4 Å². The monoisotopic (exact) mass is 234 g/mol. The Bertz CT molecular complexity index is 622. The minimum atomic E-state index is -0.613. The summed E-state index contributed by atoms with van der Waals surface area (Å²) in [6.45, 7) is 3.85. The first-order valence-corrected chi connectivity index (χ1v) is 5.32. The van der Waals surface area contributed by atoms with Crippen molar-refractivity contribution in [1.82, 2.24) is 4.98 Å². The molecule has 17 heavy (non-hydrogen) atoms. The Hall–Kier alpha value is -1.88. The van der Waals surface area contributed by atoms with Crippen molar-refractivity contribution in [3.8, 4) is 0 Å². The maximum absolute atomic E-state index is 12.1. The number of carbonyl (C=O) groups is 1. The first-order chi connectivity index (χ1) is 7.94. The van der Waals surface area contributed by atoms with Gasteiger partial charge in [-0.25, -0.2) is 4.79 Å². The van der Waals surface area contributed by atoms with Crippen molar-refractivity contribution < 1.29 is 9.21 Å². The van der Waals surface area contributed by atoms with Crippen molar-refractivity contribution in [3.63, 3.8) is 0 Å². The van der Waals surface area contributed by atoms with Crippen LogP contribution in [0, 0.1) is 5.41 Å². The van der Waals surface area contributed by atoms with E-state index in [1.807, 2.05) is 0 Å². The fraction of sp³-hybridized carbons (Fsp3) is 0.333.